The van der Waals surface area contributed by atoms with Gasteiger partial charge in [0.1, 0.15) is 17.5 Å². The molecule has 486 valence electrons. The Balaban J connectivity index is 0.000000127. The number of nitrogens with zero attached hydrogens (tertiary/aromatic N) is 12. The van der Waals surface area contributed by atoms with Gasteiger partial charge >= 0.3 is 0 Å². The van der Waals surface area contributed by atoms with Gasteiger partial charge in [-0.3, -0.25) is 29.3 Å². The number of amides is 3. The molecule has 6 fully saturated rings. The molecule has 0 aromatic carbocycles. The van der Waals surface area contributed by atoms with Crippen molar-refractivity contribution in [1.29, 1.82) is 0 Å². The van der Waals surface area contributed by atoms with Crippen LogP contribution < -0.4 is 59.3 Å². The standard InChI is InChI=1S/C22H26FN7O.2C21H25FN8O/c1-13-2-4-15(5-3-13)27-20-10-18(26-14-6-7-14)21-25-12-19(30(21)29-20)22(31)28-17-8-9-24-11-16(17)23;22-15-10-24-8-7-16(15)28-21(31)18-11-25-20-17(26-13-5-6-13)9-19(29-30(18)20)27-14-3-1-12(23)2-4-14;22-13-10-24-8-7-15(13)28-21(31)18-11-25-20-17(26-12-5-6-12)9-19(29-30(18)20)27-16-4-2-1-3-14(16)23/h8-15,26H,2-7H2,1H3,(H,27,29)(H,24,28,31);7-14,26H,1-6,23H2,(H,27,29)(H,24,28,31);7-12,14,16,26H,1-6,23H2,(H,27,29)(H,24,28,31)/t13-,15-;12-,14+;14-,16-/m..0/s1. The molecule has 93 heavy (non-hydrogen) atoms. The number of carbonyl (C=O) groups is 3. The van der Waals surface area contributed by atoms with Crippen LogP contribution in [0.3, 0.4) is 0 Å². The molecule has 26 nitrogen and oxygen atoms in total. The number of carbonyl (C=O) groups excluding carboxylic acids is 3. The lowest BCUT2D eigenvalue weighted by Crippen LogP contribution is -2.42. The zero-order valence-electron chi connectivity index (χ0n) is 51.5. The summed E-state index contributed by atoms with van der Waals surface area (Å²) in [6.07, 6.45) is 31.2. The maximum absolute atomic E-state index is 13.9. The molecule has 6 saturated carbocycles. The fourth-order valence-corrected chi connectivity index (χ4v) is 11.8. The Kier molecular flexibility index (Phi) is 18.4. The van der Waals surface area contributed by atoms with Crippen molar-refractivity contribution in [2.75, 3.05) is 47.9 Å². The highest BCUT2D eigenvalue weighted by molar-refractivity contribution is 6.05. The third-order valence-corrected chi connectivity index (χ3v) is 17.6. The molecule has 13 N–H and O–H groups in total. The molecule has 0 saturated heterocycles. The number of pyridine rings is 3. The number of nitrogens with one attached hydrogen (secondary N) is 9. The predicted molar refractivity (Wildman–Crippen MR) is 348 cm³/mol. The van der Waals surface area contributed by atoms with E-state index in [2.05, 4.69) is 100.0 Å². The SMILES string of the molecule is C[C@H]1CC[C@H](Nc2cc(NC3CC3)c3ncc(C(=O)Nc4ccncc4F)n3n2)CC1.N[C@H]1CCCC[C@@H]1Nc1cc(NC2CC2)c2ncc(C(=O)Nc3ccncc3F)n2n1.N[C@H]1CC[C@@H](Nc2cc(NC3CC3)c3ncc(C(=O)Nc4ccncc4F)n3n2)CC1. The number of nitrogens with two attached hydrogens (primary N) is 2. The molecule has 0 bridgehead atoms. The smallest absolute Gasteiger partial charge is 0.276 e. The molecule has 0 spiro atoms. The van der Waals surface area contributed by atoms with Crippen molar-refractivity contribution in [2.45, 2.75) is 171 Å². The van der Waals surface area contributed by atoms with Crippen molar-refractivity contribution in [2.24, 2.45) is 17.4 Å². The minimum absolute atomic E-state index is 0.0498. The Morgan fingerprint density at radius 1 is 0.419 bits per heavy atom. The van der Waals surface area contributed by atoms with Gasteiger partial charge in [0, 0.05) is 85.1 Å². The van der Waals surface area contributed by atoms with E-state index in [1.165, 1.54) is 81.8 Å². The Labute approximate surface area is 533 Å². The molecule has 6 aliphatic carbocycles. The number of aromatic nitrogens is 12. The lowest BCUT2D eigenvalue weighted by molar-refractivity contribution is 0.101. The number of hydrogen-bond donors (Lipinski definition) is 11. The van der Waals surface area contributed by atoms with Crippen LogP contribution in [0.25, 0.3) is 16.9 Å². The first-order valence-electron chi connectivity index (χ1n) is 32.2. The minimum atomic E-state index is -0.609. The fraction of sp³-hybridized carbons (Fsp3) is 0.438. The lowest BCUT2D eigenvalue weighted by Gasteiger charge is -2.29. The Hall–Kier alpha value is -9.77. The fourth-order valence-electron chi connectivity index (χ4n) is 11.8. The molecule has 2 atom stereocenters. The first-order chi connectivity index (χ1) is 45.2. The summed E-state index contributed by atoms with van der Waals surface area (Å²) in [5.41, 5.74) is 17.3. The number of anilines is 9. The van der Waals surface area contributed by atoms with Gasteiger partial charge in [-0.15, -0.1) is 15.3 Å². The van der Waals surface area contributed by atoms with Crippen molar-refractivity contribution in [3.63, 3.8) is 0 Å². The van der Waals surface area contributed by atoms with Gasteiger partial charge in [0.05, 0.1) is 71.3 Å². The van der Waals surface area contributed by atoms with Crippen molar-refractivity contribution in [3.05, 3.63) is 127 Å². The quantitative estimate of drug-likeness (QED) is 0.0381. The summed E-state index contributed by atoms with van der Waals surface area (Å²) in [5, 5.41) is 42.5. The highest BCUT2D eigenvalue weighted by Gasteiger charge is 2.30. The topological polar surface area (TPSA) is 341 Å². The highest BCUT2D eigenvalue weighted by Crippen LogP contribution is 2.34. The Morgan fingerprint density at radius 3 is 1.11 bits per heavy atom. The van der Waals surface area contributed by atoms with E-state index in [1.807, 2.05) is 18.2 Å². The second-order valence-electron chi connectivity index (χ2n) is 25.2. The van der Waals surface area contributed by atoms with Gasteiger partial charge < -0.3 is 59.3 Å². The lowest BCUT2D eigenvalue weighted by atomic mass is 9.87. The van der Waals surface area contributed by atoms with Crippen LogP contribution in [0.1, 0.15) is 154 Å². The maximum Gasteiger partial charge on any atom is 0.276 e. The van der Waals surface area contributed by atoms with Crippen LogP contribution in [0.15, 0.2) is 92.2 Å². The van der Waals surface area contributed by atoms with Crippen LogP contribution in [-0.4, -0.2) is 125 Å². The summed E-state index contributed by atoms with van der Waals surface area (Å²) in [4.78, 5) is 63.0. The molecule has 9 heterocycles. The molecule has 6 aliphatic rings. The molecule has 29 heteroatoms. The predicted octanol–water partition coefficient (Wildman–Crippen LogP) is 9.62. The van der Waals surface area contributed by atoms with Crippen LogP contribution in [0, 0.1) is 23.4 Å². The average molecular weight is 1270 g/mol. The monoisotopic (exact) mass is 1270 g/mol. The average Bonchev–Trinajstić information content (AvgIpc) is 1.69. The summed E-state index contributed by atoms with van der Waals surface area (Å²) in [6.45, 7) is 2.29. The number of rotatable bonds is 18. The van der Waals surface area contributed by atoms with Crippen LogP contribution >= 0.6 is 0 Å². The van der Waals surface area contributed by atoms with E-state index in [4.69, 9.17) is 11.5 Å². The third-order valence-electron chi connectivity index (χ3n) is 17.6. The zero-order chi connectivity index (χ0) is 64.1. The highest BCUT2D eigenvalue weighted by atomic mass is 19.1. The molecule has 0 unspecified atom stereocenters. The van der Waals surface area contributed by atoms with Gasteiger partial charge in [0.2, 0.25) is 0 Å². The van der Waals surface area contributed by atoms with Gasteiger partial charge in [-0.1, -0.05) is 19.8 Å². The van der Waals surface area contributed by atoms with Crippen LogP contribution in [-0.2, 0) is 0 Å². The summed E-state index contributed by atoms with van der Waals surface area (Å²) < 4.78 is 46.3. The van der Waals surface area contributed by atoms with E-state index < -0.39 is 35.2 Å². The van der Waals surface area contributed by atoms with Gasteiger partial charge in [-0.25, -0.2) is 41.7 Å². The Morgan fingerprint density at radius 2 is 0.753 bits per heavy atom. The first-order valence-corrected chi connectivity index (χ1v) is 32.2. The molecular formula is C64H76F3N23O3. The number of fused-ring (bicyclic) bond motifs is 3. The van der Waals surface area contributed by atoms with E-state index in [0.29, 0.717) is 58.6 Å². The zero-order valence-corrected chi connectivity index (χ0v) is 51.5. The normalized spacial score (nSPS) is 21.1. The molecule has 9 aromatic rings. The molecule has 9 aromatic heterocycles. The molecule has 15 rings (SSSR count). The first kappa shape index (κ1) is 62.1. The van der Waals surface area contributed by atoms with Crippen molar-refractivity contribution in [3.8, 4) is 0 Å². The van der Waals surface area contributed by atoms with E-state index in [-0.39, 0.29) is 58.3 Å². The maximum atomic E-state index is 13.9. The number of hydrogen-bond acceptors (Lipinski definition) is 20. The molecule has 0 radical (unpaired) electrons. The van der Waals surface area contributed by atoms with Crippen LogP contribution in [0.2, 0.25) is 0 Å². The summed E-state index contributed by atoms with van der Waals surface area (Å²) in [6, 6.07) is 12.4. The van der Waals surface area contributed by atoms with E-state index in [1.54, 1.807) is 0 Å². The van der Waals surface area contributed by atoms with Crippen molar-refractivity contribution >= 4 is 86.2 Å². The second kappa shape index (κ2) is 27.6. The van der Waals surface area contributed by atoms with Gasteiger partial charge in [0.15, 0.2) is 51.5 Å². The van der Waals surface area contributed by atoms with E-state index >= 15 is 0 Å². The van der Waals surface area contributed by atoms with E-state index in [9.17, 15) is 27.6 Å². The van der Waals surface area contributed by atoms with Crippen molar-refractivity contribution < 1.29 is 27.6 Å². The van der Waals surface area contributed by atoms with Crippen LogP contribution in [0.4, 0.5) is 64.7 Å². The number of halogens is 3. The number of imidazole rings is 3. The van der Waals surface area contributed by atoms with Gasteiger partial charge in [-0.05, 0) is 127 Å². The minimum Gasteiger partial charge on any atom is -0.379 e. The molecule has 0 aliphatic heterocycles. The summed E-state index contributed by atoms with van der Waals surface area (Å²) in [7, 11) is 0. The van der Waals surface area contributed by atoms with Crippen molar-refractivity contribution in [1.82, 2.24) is 58.7 Å². The van der Waals surface area contributed by atoms with Crippen LogP contribution in [0.5, 0.6) is 0 Å². The second-order valence-corrected chi connectivity index (χ2v) is 25.2. The van der Waals surface area contributed by atoms with Gasteiger partial charge in [-0.2, -0.15) is 0 Å². The van der Waals surface area contributed by atoms with Gasteiger partial charge in [0.25, 0.3) is 17.7 Å². The summed E-state index contributed by atoms with van der Waals surface area (Å²) >= 11 is 0. The molecule has 3 amide bonds. The Bertz CT molecular complexity index is 3980. The third kappa shape index (κ3) is 15.3. The largest absolute Gasteiger partial charge is 0.379 e. The molecular weight excluding hydrogens is 1200 g/mol. The summed E-state index contributed by atoms with van der Waals surface area (Å²) in [5.74, 6) is -0.534. The van der Waals surface area contributed by atoms with E-state index in [0.717, 1.165) is 144 Å².